The van der Waals surface area contributed by atoms with Crippen molar-refractivity contribution in [3.63, 3.8) is 0 Å². The number of piperidine rings is 1. The minimum Gasteiger partial charge on any atom is -0.382 e. The van der Waals surface area contributed by atoms with Crippen molar-refractivity contribution in [2.75, 3.05) is 43.8 Å². The van der Waals surface area contributed by atoms with Gasteiger partial charge in [0, 0.05) is 24.8 Å². The Kier molecular flexibility index (Phi) is 12.2. The predicted molar refractivity (Wildman–Crippen MR) is 165 cm³/mol. The largest absolute Gasteiger partial charge is 0.382 e. The summed E-state index contributed by atoms with van der Waals surface area (Å²) < 4.78 is 57.3. The highest BCUT2D eigenvalue weighted by molar-refractivity contribution is 7.89. The molecule has 0 spiro atoms. The summed E-state index contributed by atoms with van der Waals surface area (Å²) in [6, 6.07) is 3.22. The molecule has 5 rings (SSSR count). The molecule has 0 atom stereocenters. The molecular weight excluding hydrogens is 623 g/mol. The number of pyridine rings is 1. The summed E-state index contributed by atoms with van der Waals surface area (Å²) in [6.07, 6.45) is 10.8. The average molecular weight is 659 g/mol. The molecule has 1 aromatic carbocycles. The summed E-state index contributed by atoms with van der Waals surface area (Å²) in [4.78, 5) is 27.0. The zero-order valence-corrected chi connectivity index (χ0v) is 25.9. The van der Waals surface area contributed by atoms with Gasteiger partial charge in [-0.3, -0.25) is 9.78 Å². The van der Waals surface area contributed by atoms with Gasteiger partial charge in [0.1, 0.15) is 16.5 Å². The van der Waals surface area contributed by atoms with Crippen LogP contribution in [-0.2, 0) is 16.4 Å². The lowest BCUT2D eigenvalue weighted by molar-refractivity contribution is 0.102. The van der Waals surface area contributed by atoms with Crippen LogP contribution in [0.5, 0.6) is 0 Å². The highest BCUT2D eigenvalue weighted by atomic mass is 35.5. The monoisotopic (exact) mass is 657 g/mol. The zero-order chi connectivity index (χ0) is 29.0. The molecule has 4 heterocycles. The van der Waals surface area contributed by atoms with Gasteiger partial charge in [-0.1, -0.05) is 6.42 Å². The van der Waals surface area contributed by atoms with Gasteiger partial charge in [-0.2, -0.15) is 4.31 Å². The smallest absolute Gasteiger partial charge is 0.278 e. The van der Waals surface area contributed by atoms with Crippen LogP contribution >= 0.6 is 24.8 Å². The second-order valence-corrected chi connectivity index (χ2v) is 12.3. The molecule has 0 radical (unpaired) electrons. The quantitative estimate of drug-likeness (QED) is 0.338. The summed E-state index contributed by atoms with van der Waals surface area (Å²) in [6.45, 7) is 3.79. The maximum Gasteiger partial charge on any atom is 0.278 e. The van der Waals surface area contributed by atoms with E-state index < -0.39 is 32.5 Å². The lowest BCUT2D eigenvalue weighted by Gasteiger charge is -2.26. The molecule has 43 heavy (non-hydrogen) atoms. The molecule has 0 aliphatic carbocycles. The van der Waals surface area contributed by atoms with Crippen LogP contribution in [0.3, 0.4) is 0 Å². The first-order valence-electron chi connectivity index (χ1n) is 13.8. The Bertz CT molecular complexity index is 1540. The number of benzene rings is 1. The van der Waals surface area contributed by atoms with Crippen molar-refractivity contribution in [1.82, 2.24) is 24.2 Å². The standard InChI is InChI=1S/C28H33F2N7O3S.2ClH/c29-22-15-25(41(39,40)37-11-2-1-3-12-37)23(30)14-21(22)24-18-33-27(31)26(35-24)28(38)34-20-13-19(16-32-17-20)7-6-10-36-8-4-5-9-36;;/h13-18H,1-12H2,(H2,31,33)(H,34,38);2*1H. The first kappa shape index (κ1) is 34.5. The molecule has 0 saturated carbocycles. The van der Waals surface area contributed by atoms with Crippen LogP contribution in [0.25, 0.3) is 11.3 Å². The van der Waals surface area contributed by atoms with Crippen molar-refractivity contribution in [2.45, 2.75) is 49.8 Å². The summed E-state index contributed by atoms with van der Waals surface area (Å²) >= 11 is 0. The third kappa shape index (κ3) is 8.15. The SMILES string of the molecule is Cl.Cl.Nc1ncc(-c2cc(F)c(S(=O)(=O)N3CCCCC3)cc2F)nc1C(=O)Nc1cncc(CCCN2CCCC2)c1. The number of aryl methyl sites for hydroxylation is 1. The number of carbonyl (C=O) groups is 1. The molecule has 234 valence electrons. The van der Waals surface area contributed by atoms with Crippen molar-refractivity contribution in [2.24, 2.45) is 0 Å². The Balaban J connectivity index is 0.00000253. The number of nitrogens with two attached hydrogens (primary N) is 1. The highest BCUT2D eigenvalue weighted by Crippen LogP contribution is 2.30. The fraction of sp³-hybridized carbons (Fsp3) is 0.429. The van der Waals surface area contributed by atoms with Gasteiger partial charge in [-0.05, 0) is 81.9 Å². The third-order valence-corrected chi connectivity index (χ3v) is 9.35. The van der Waals surface area contributed by atoms with Crippen LogP contribution in [0.1, 0.15) is 54.6 Å². The number of likely N-dealkylation sites (tertiary alicyclic amines) is 1. The van der Waals surface area contributed by atoms with E-state index in [9.17, 15) is 13.2 Å². The maximum atomic E-state index is 15.2. The van der Waals surface area contributed by atoms with Crippen molar-refractivity contribution in [3.05, 3.63) is 59.7 Å². The third-order valence-electron chi connectivity index (χ3n) is 7.44. The van der Waals surface area contributed by atoms with E-state index in [4.69, 9.17) is 5.73 Å². The number of anilines is 2. The number of carbonyl (C=O) groups excluding carboxylic acids is 1. The van der Waals surface area contributed by atoms with Crippen molar-refractivity contribution in [3.8, 4) is 11.3 Å². The highest BCUT2D eigenvalue weighted by Gasteiger charge is 2.30. The Morgan fingerprint density at radius 2 is 1.63 bits per heavy atom. The van der Waals surface area contributed by atoms with E-state index >= 15 is 8.78 Å². The Labute approximate surface area is 262 Å². The first-order valence-corrected chi connectivity index (χ1v) is 15.3. The topological polar surface area (TPSA) is 134 Å². The van der Waals surface area contributed by atoms with Gasteiger partial charge < -0.3 is 16.0 Å². The normalized spacial score (nSPS) is 15.9. The molecule has 3 N–H and O–H groups in total. The molecule has 3 aromatic rings. The van der Waals surface area contributed by atoms with Gasteiger partial charge in [0.15, 0.2) is 11.5 Å². The molecule has 2 saturated heterocycles. The number of nitrogen functional groups attached to an aromatic ring is 1. The number of sulfonamides is 1. The van der Waals surface area contributed by atoms with Gasteiger partial charge in [0.2, 0.25) is 10.0 Å². The maximum absolute atomic E-state index is 15.2. The van der Waals surface area contributed by atoms with Gasteiger partial charge in [-0.25, -0.2) is 27.2 Å². The second-order valence-electron chi connectivity index (χ2n) is 10.4. The number of amides is 1. The van der Waals surface area contributed by atoms with Crippen LogP contribution in [-0.4, -0.2) is 71.2 Å². The van der Waals surface area contributed by atoms with Crippen LogP contribution in [0.4, 0.5) is 20.3 Å². The second kappa shape index (κ2) is 15.2. The van der Waals surface area contributed by atoms with Gasteiger partial charge in [0.25, 0.3) is 5.91 Å². The zero-order valence-electron chi connectivity index (χ0n) is 23.5. The Morgan fingerprint density at radius 3 is 2.35 bits per heavy atom. The van der Waals surface area contributed by atoms with Crippen molar-refractivity contribution >= 4 is 52.2 Å². The summed E-state index contributed by atoms with van der Waals surface area (Å²) in [5, 5.41) is 2.69. The number of aromatic nitrogens is 3. The lowest BCUT2D eigenvalue weighted by Crippen LogP contribution is -2.36. The molecule has 15 heteroatoms. The van der Waals surface area contributed by atoms with E-state index in [1.807, 2.05) is 6.07 Å². The molecule has 0 unspecified atom stereocenters. The molecule has 0 bridgehead atoms. The van der Waals surface area contributed by atoms with Gasteiger partial charge in [0.05, 0.1) is 23.8 Å². The van der Waals surface area contributed by atoms with Crippen LogP contribution < -0.4 is 11.1 Å². The molecule has 10 nitrogen and oxygen atoms in total. The molecular formula is C28H35Cl2F2N7O3S. The van der Waals surface area contributed by atoms with Crippen LogP contribution in [0.15, 0.2) is 41.7 Å². The average Bonchev–Trinajstić information content (AvgIpc) is 3.48. The van der Waals surface area contributed by atoms with E-state index in [0.29, 0.717) is 24.6 Å². The van der Waals surface area contributed by atoms with E-state index in [0.717, 1.165) is 61.0 Å². The first-order chi connectivity index (χ1) is 19.7. The molecule has 2 fully saturated rings. The van der Waals surface area contributed by atoms with E-state index in [-0.39, 0.29) is 60.7 Å². The van der Waals surface area contributed by atoms with Crippen LogP contribution in [0.2, 0.25) is 0 Å². The number of nitrogens with zero attached hydrogens (tertiary/aromatic N) is 5. The minimum atomic E-state index is -4.20. The molecule has 2 aliphatic rings. The van der Waals surface area contributed by atoms with Crippen molar-refractivity contribution in [1.29, 1.82) is 0 Å². The van der Waals surface area contributed by atoms with E-state index in [2.05, 4.69) is 25.2 Å². The number of hydrogen-bond donors (Lipinski definition) is 2. The van der Waals surface area contributed by atoms with Gasteiger partial charge in [-0.15, -0.1) is 24.8 Å². The number of nitrogens with one attached hydrogen (secondary N) is 1. The van der Waals surface area contributed by atoms with Gasteiger partial charge >= 0.3 is 0 Å². The fourth-order valence-corrected chi connectivity index (χ4v) is 6.83. The predicted octanol–water partition coefficient (Wildman–Crippen LogP) is 4.70. The van der Waals surface area contributed by atoms with Crippen LogP contribution in [0, 0.1) is 11.6 Å². The number of halogens is 4. The van der Waals surface area contributed by atoms with E-state index in [1.165, 1.54) is 19.0 Å². The Morgan fingerprint density at radius 1 is 0.930 bits per heavy atom. The molecule has 2 aromatic heterocycles. The molecule has 1 amide bonds. The lowest BCUT2D eigenvalue weighted by atomic mass is 10.1. The summed E-state index contributed by atoms with van der Waals surface area (Å²) in [7, 11) is -4.20. The van der Waals surface area contributed by atoms with Crippen molar-refractivity contribution < 1.29 is 22.0 Å². The number of rotatable bonds is 9. The van der Waals surface area contributed by atoms with E-state index in [1.54, 1.807) is 6.20 Å². The Hall–Kier alpha value is -2.97. The fourth-order valence-electron chi connectivity index (χ4n) is 5.26. The summed E-state index contributed by atoms with van der Waals surface area (Å²) in [5.74, 6) is -3.04. The molecule has 2 aliphatic heterocycles. The number of hydrogen-bond acceptors (Lipinski definition) is 8. The minimum absolute atomic E-state index is 0. The summed E-state index contributed by atoms with van der Waals surface area (Å²) in [5.41, 5.74) is 6.50.